The van der Waals surface area contributed by atoms with Gasteiger partial charge in [-0.05, 0) is 110 Å². The van der Waals surface area contributed by atoms with Gasteiger partial charge in [-0.25, -0.2) is 4.39 Å². The lowest BCUT2D eigenvalue weighted by atomic mass is 9.45. The molecule has 3 N–H and O–H groups in total. The number of hydroxylamine groups is 2. The Balaban J connectivity index is 1.33. The second kappa shape index (κ2) is 18.3. The first-order chi connectivity index (χ1) is 28.0. The maximum atomic E-state index is 16.2. The third kappa shape index (κ3) is 9.37. The highest BCUT2D eigenvalue weighted by molar-refractivity contribution is 5.97. The average Bonchev–Trinajstić information content (AvgIpc) is 3.56. The molecule has 2 bridgehead atoms. The Bertz CT molecular complexity index is 2020. The molecule has 3 saturated carbocycles. The molecule has 2 amide bonds. The van der Waals surface area contributed by atoms with E-state index in [-0.39, 0.29) is 59.6 Å². The molecule has 59 heavy (non-hydrogen) atoms. The van der Waals surface area contributed by atoms with Crippen molar-refractivity contribution in [2.24, 2.45) is 34.2 Å². The Labute approximate surface area is 347 Å². The number of hydrogen-bond acceptors (Lipinski definition) is 9. The molecule has 1 heterocycles. The quantitative estimate of drug-likeness (QED) is 0.0848. The lowest BCUT2D eigenvalue weighted by Gasteiger charge is -2.62. The van der Waals surface area contributed by atoms with Gasteiger partial charge in [0, 0.05) is 65.9 Å². The lowest BCUT2D eigenvalue weighted by Crippen LogP contribution is -2.62. The Hall–Kier alpha value is -4.72. The van der Waals surface area contributed by atoms with Gasteiger partial charge in [0.25, 0.3) is 5.91 Å². The van der Waals surface area contributed by atoms with E-state index in [9.17, 15) is 20.2 Å². The fraction of sp³-hybridized carbons (Fsp3) is 0.556. The standard InChI is InChI=1S/C45H61FN8O5/c1-26-36-21-31(45(36,3)4)22-38(26)50-44(57)41-40(27(2)55)39(23-48-51-47)59-54(41)25-35-37(46)16-15-34(42(35)58-9)29-18-30(20-33(19-29)53(7)8)43(56)49-32(24-52(5)6)17-28-13-11-10-12-14-28/h10-16,18-20,26-27,31-32,36,38-41,55H,17,21-25H2,1-9H3,(H,49,56)(H,50,57)/t26-,27-,31-,32-,36-,38-,39-,40+,41-/m0/s1. The molecule has 4 aliphatic rings. The molecule has 4 fully saturated rings. The molecule has 14 heteroatoms. The summed E-state index contributed by atoms with van der Waals surface area (Å²) in [6.07, 6.45) is 0.786. The van der Waals surface area contributed by atoms with Crippen LogP contribution >= 0.6 is 0 Å². The third-order valence-corrected chi connectivity index (χ3v) is 13.2. The van der Waals surface area contributed by atoms with Crippen LogP contribution in [0.4, 0.5) is 10.1 Å². The molecule has 0 spiro atoms. The van der Waals surface area contributed by atoms with E-state index in [1.165, 1.54) is 18.2 Å². The molecule has 318 valence electrons. The van der Waals surface area contributed by atoms with Crippen LogP contribution in [-0.2, 0) is 22.6 Å². The van der Waals surface area contributed by atoms with Gasteiger partial charge < -0.3 is 30.3 Å². The highest BCUT2D eigenvalue weighted by Crippen LogP contribution is 2.61. The normalized spacial score (nSPS) is 25.7. The van der Waals surface area contributed by atoms with E-state index < -0.39 is 30.0 Å². The number of hydrogen-bond donors (Lipinski definition) is 3. The zero-order chi connectivity index (χ0) is 42.8. The number of halogens is 1. The van der Waals surface area contributed by atoms with Crippen LogP contribution in [0.1, 0.15) is 62.0 Å². The summed E-state index contributed by atoms with van der Waals surface area (Å²) in [5, 5.41) is 22.8. The summed E-state index contributed by atoms with van der Waals surface area (Å²) < 4.78 is 22.2. The first-order valence-corrected chi connectivity index (χ1v) is 20.6. The van der Waals surface area contributed by atoms with Crippen LogP contribution in [-0.4, -0.2) is 106 Å². The van der Waals surface area contributed by atoms with Crippen LogP contribution in [0.5, 0.6) is 5.75 Å². The lowest BCUT2D eigenvalue weighted by molar-refractivity contribution is -0.176. The summed E-state index contributed by atoms with van der Waals surface area (Å²) in [6, 6.07) is 17.2. The van der Waals surface area contributed by atoms with Crippen LogP contribution in [0, 0.1) is 34.9 Å². The molecule has 1 aliphatic heterocycles. The van der Waals surface area contributed by atoms with Gasteiger partial charge in [0.05, 0.1) is 32.4 Å². The van der Waals surface area contributed by atoms with Crippen molar-refractivity contribution >= 4 is 17.5 Å². The van der Waals surface area contributed by atoms with E-state index in [1.807, 2.05) is 80.5 Å². The van der Waals surface area contributed by atoms with Gasteiger partial charge in [0.1, 0.15) is 17.6 Å². The van der Waals surface area contributed by atoms with Crippen LogP contribution in [0.3, 0.4) is 0 Å². The van der Waals surface area contributed by atoms with Crippen molar-refractivity contribution in [2.75, 3.05) is 53.3 Å². The number of aliphatic hydroxyl groups is 1. The van der Waals surface area contributed by atoms with Crippen molar-refractivity contribution in [1.29, 1.82) is 0 Å². The number of likely N-dealkylation sites (N-methyl/N-ethyl adjacent to an activating group) is 1. The van der Waals surface area contributed by atoms with Gasteiger partial charge in [0.2, 0.25) is 5.91 Å². The molecule has 3 aliphatic carbocycles. The number of ether oxygens (including phenoxy) is 1. The number of anilines is 1. The Morgan fingerprint density at radius 2 is 1.85 bits per heavy atom. The molecule has 0 aromatic heterocycles. The predicted octanol–water partition coefficient (Wildman–Crippen LogP) is 6.45. The number of amides is 2. The summed E-state index contributed by atoms with van der Waals surface area (Å²) in [7, 11) is 9.17. The first-order valence-electron chi connectivity index (χ1n) is 20.6. The maximum absolute atomic E-state index is 16.2. The number of carbonyl (C=O) groups is 2. The van der Waals surface area contributed by atoms with Crippen molar-refractivity contribution in [3.8, 4) is 16.9 Å². The number of fused-ring (bicyclic) bond motifs is 2. The number of benzene rings is 3. The topological polar surface area (TPSA) is 155 Å². The van der Waals surface area contributed by atoms with Crippen LogP contribution in [0.2, 0.25) is 0 Å². The van der Waals surface area contributed by atoms with E-state index in [0.717, 1.165) is 24.1 Å². The summed E-state index contributed by atoms with van der Waals surface area (Å²) in [5.41, 5.74) is 13.0. The Morgan fingerprint density at radius 1 is 1.12 bits per heavy atom. The minimum Gasteiger partial charge on any atom is -0.496 e. The van der Waals surface area contributed by atoms with Crippen molar-refractivity contribution in [2.45, 2.75) is 83.8 Å². The average molecular weight is 813 g/mol. The van der Waals surface area contributed by atoms with Gasteiger partial charge >= 0.3 is 0 Å². The summed E-state index contributed by atoms with van der Waals surface area (Å²) in [5.74, 6) is -0.499. The monoisotopic (exact) mass is 812 g/mol. The summed E-state index contributed by atoms with van der Waals surface area (Å²) in [4.78, 5) is 41.6. The number of nitrogens with zero attached hydrogens (tertiary/aromatic N) is 6. The number of azide groups is 1. The number of rotatable bonds is 16. The van der Waals surface area contributed by atoms with Crippen molar-refractivity contribution < 1.29 is 28.7 Å². The molecule has 13 nitrogen and oxygen atoms in total. The van der Waals surface area contributed by atoms with Crippen LogP contribution in [0.15, 0.2) is 65.8 Å². The fourth-order valence-corrected chi connectivity index (χ4v) is 9.89. The smallest absolute Gasteiger partial charge is 0.251 e. The van der Waals surface area contributed by atoms with E-state index in [0.29, 0.717) is 41.5 Å². The van der Waals surface area contributed by atoms with Crippen LogP contribution in [0.25, 0.3) is 21.6 Å². The number of carbonyl (C=O) groups excluding carboxylic acids is 2. The Morgan fingerprint density at radius 3 is 2.46 bits per heavy atom. The molecule has 7 rings (SSSR count). The SMILES string of the molecule is COc1c(-c2cc(C(=O)N[C@@H](Cc3ccccc3)CN(C)C)cc(N(C)C)c2)ccc(F)c1CN1O[C@@H](CN=[N+]=[N-])[C@@H]([C@H](C)O)[C@H]1C(=O)N[C@H]1C[C@@H]2C[C@@H]([C@@H]1C)C2(C)C. The van der Waals surface area contributed by atoms with Gasteiger partial charge in [-0.1, -0.05) is 56.2 Å². The van der Waals surface area contributed by atoms with E-state index in [1.54, 1.807) is 19.1 Å². The zero-order valence-corrected chi connectivity index (χ0v) is 35.9. The largest absolute Gasteiger partial charge is 0.496 e. The van der Waals surface area contributed by atoms with Crippen molar-refractivity contribution in [3.05, 3.63) is 93.6 Å². The third-order valence-electron chi connectivity index (χ3n) is 13.2. The molecule has 0 radical (unpaired) electrons. The molecular weight excluding hydrogens is 752 g/mol. The molecule has 1 saturated heterocycles. The molecule has 3 aromatic rings. The number of nitrogens with one attached hydrogen (secondary N) is 2. The summed E-state index contributed by atoms with van der Waals surface area (Å²) in [6.45, 7) is 8.65. The number of aliphatic hydroxyl groups excluding tert-OH is 1. The maximum Gasteiger partial charge on any atom is 0.251 e. The van der Waals surface area contributed by atoms with E-state index in [4.69, 9.17) is 9.57 Å². The second-order valence-corrected chi connectivity index (χ2v) is 17.9. The van der Waals surface area contributed by atoms with Gasteiger partial charge in [0.15, 0.2) is 0 Å². The minimum atomic E-state index is -1.03. The molecule has 3 aromatic carbocycles. The van der Waals surface area contributed by atoms with Crippen molar-refractivity contribution in [1.82, 2.24) is 20.6 Å². The highest BCUT2D eigenvalue weighted by atomic mass is 19.1. The van der Waals surface area contributed by atoms with E-state index >= 15 is 4.39 Å². The van der Waals surface area contributed by atoms with Crippen molar-refractivity contribution in [3.63, 3.8) is 0 Å². The second-order valence-electron chi connectivity index (χ2n) is 17.9. The minimum absolute atomic E-state index is 0.0616. The predicted molar refractivity (Wildman–Crippen MR) is 227 cm³/mol. The number of methoxy groups -OCH3 is 1. The summed E-state index contributed by atoms with van der Waals surface area (Å²) >= 11 is 0. The van der Waals surface area contributed by atoms with Gasteiger partial charge in [-0.3, -0.25) is 14.4 Å². The van der Waals surface area contributed by atoms with Crippen LogP contribution < -0.4 is 20.3 Å². The van der Waals surface area contributed by atoms with E-state index in [2.05, 4.69) is 41.4 Å². The fourth-order valence-electron chi connectivity index (χ4n) is 9.89. The first kappa shape index (κ1) is 43.8. The Kier molecular flexibility index (Phi) is 13.6. The highest BCUT2D eigenvalue weighted by Gasteiger charge is 2.57. The van der Waals surface area contributed by atoms with Gasteiger partial charge in [-0.15, -0.1) is 0 Å². The molecule has 9 atom stereocenters. The zero-order valence-electron chi connectivity index (χ0n) is 35.9. The molecule has 0 unspecified atom stereocenters. The molecular formula is C45H61FN8O5. The van der Waals surface area contributed by atoms with Gasteiger partial charge in [-0.2, -0.15) is 5.06 Å².